The maximum atomic E-state index is 14.7. The molecule has 5 rings (SSSR count). The number of likely N-dealkylation sites (tertiary alicyclic amines) is 1. The van der Waals surface area contributed by atoms with Gasteiger partial charge < -0.3 is 24.5 Å². The van der Waals surface area contributed by atoms with Gasteiger partial charge in [-0.05, 0) is 43.7 Å². The molecular formula is C37H47N3O5. The highest BCUT2D eigenvalue weighted by Crippen LogP contribution is 2.63. The molecule has 240 valence electrons. The first kappa shape index (κ1) is 32.6. The predicted molar refractivity (Wildman–Crippen MR) is 174 cm³/mol. The second kappa shape index (κ2) is 14.1. The molecule has 8 nitrogen and oxygen atoms in total. The number of nitrogens with zero attached hydrogens (tertiary/aromatic N) is 3. The van der Waals surface area contributed by atoms with Crippen molar-refractivity contribution in [2.75, 3.05) is 26.2 Å². The van der Waals surface area contributed by atoms with E-state index in [1.807, 2.05) is 67.6 Å². The molecule has 3 fully saturated rings. The van der Waals surface area contributed by atoms with E-state index < -0.39 is 29.1 Å². The predicted octanol–water partition coefficient (Wildman–Crippen LogP) is 4.73. The van der Waals surface area contributed by atoms with Gasteiger partial charge in [-0.15, -0.1) is 13.2 Å². The molecule has 5 atom stereocenters. The first-order valence-corrected chi connectivity index (χ1v) is 16.3. The van der Waals surface area contributed by atoms with Crippen LogP contribution in [0.15, 0.2) is 86.0 Å². The molecule has 3 saturated heterocycles. The van der Waals surface area contributed by atoms with Crippen LogP contribution in [0.3, 0.4) is 0 Å². The normalized spacial score (nSPS) is 26.5. The summed E-state index contributed by atoms with van der Waals surface area (Å²) in [7, 11) is 0. The minimum atomic E-state index is -1.09. The number of aliphatic hydroxyl groups is 1. The van der Waals surface area contributed by atoms with Gasteiger partial charge in [-0.1, -0.05) is 85.7 Å². The maximum Gasteiger partial charge on any atom is 0.248 e. The zero-order valence-electron chi connectivity index (χ0n) is 26.5. The van der Waals surface area contributed by atoms with Crippen LogP contribution < -0.4 is 0 Å². The van der Waals surface area contributed by atoms with Crippen molar-refractivity contribution in [1.82, 2.24) is 14.7 Å². The van der Waals surface area contributed by atoms with Crippen LogP contribution in [0, 0.1) is 11.8 Å². The van der Waals surface area contributed by atoms with Crippen molar-refractivity contribution in [3.8, 4) is 0 Å². The van der Waals surface area contributed by atoms with Crippen molar-refractivity contribution in [2.45, 2.75) is 75.8 Å². The molecule has 1 spiro atoms. The van der Waals surface area contributed by atoms with E-state index in [1.54, 1.807) is 26.9 Å². The Morgan fingerprint density at radius 1 is 0.889 bits per heavy atom. The third kappa shape index (κ3) is 6.36. The van der Waals surface area contributed by atoms with Crippen molar-refractivity contribution in [1.29, 1.82) is 0 Å². The molecule has 0 radical (unpaired) electrons. The summed E-state index contributed by atoms with van der Waals surface area (Å²) in [6.45, 7) is 11.7. The van der Waals surface area contributed by atoms with Crippen LogP contribution in [0.4, 0.5) is 0 Å². The van der Waals surface area contributed by atoms with Crippen LogP contribution in [0.1, 0.15) is 56.6 Å². The number of carbonyl (C=O) groups is 3. The number of benzene rings is 2. The van der Waals surface area contributed by atoms with Crippen molar-refractivity contribution < 1.29 is 24.2 Å². The van der Waals surface area contributed by atoms with Crippen LogP contribution in [-0.2, 0) is 32.2 Å². The average molecular weight is 614 g/mol. The van der Waals surface area contributed by atoms with Gasteiger partial charge in [0.15, 0.2) is 0 Å². The Morgan fingerprint density at radius 3 is 2.00 bits per heavy atom. The SMILES string of the molecule is C=CCN(Cc1ccccc1)C(=O)C1N(CCCCCCO)C(=O)[C@@H]2[C@@H](C(=O)N(CC=C)Cc3ccccc3)[C@@]3(C)CCC12O3. The van der Waals surface area contributed by atoms with E-state index in [0.29, 0.717) is 58.4 Å². The fraction of sp³-hybridized carbons (Fsp3) is 0.486. The molecule has 8 heteroatoms. The standard InChI is InChI=1S/C37H47N3O5/c1-4-22-38(26-28-16-10-8-11-17-28)33(42)30-31-34(43)40(24-14-6-7-15-25-41)32(37(31)21-20-36(30,3)45-37)35(44)39(23-5-2)27-29-18-12-9-13-19-29/h4-5,8-13,16-19,30-32,41H,1-2,6-7,14-15,20-27H2,3H3/t30-,31-,32?,36+,37?/m0/s1. The molecule has 2 bridgehead atoms. The number of hydrogen-bond donors (Lipinski definition) is 1. The van der Waals surface area contributed by atoms with Gasteiger partial charge in [-0.25, -0.2) is 0 Å². The van der Waals surface area contributed by atoms with Crippen molar-refractivity contribution in [2.24, 2.45) is 11.8 Å². The summed E-state index contributed by atoms with van der Waals surface area (Å²) in [6, 6.07) is 18.8. The average Bonchev–Trinajstić information content (AvgIpc) is 3.61. The molecule has 0 saturated carbocycles. The summed E-state index contributed by atoms with van der Waals surface area (Å²) in [5.74, 6) is -1.94. The van der Waals surface area contributed by atoms with Gasteiger partial charge >= 0.3 is 0 Å². The van der Waals surface area contributed by atoms with Crippen LogP contribution in [0.5, 0.6) is 0 Å². The topological polar surface area (TPSA) is 90.4 Å². The van der Waals surface area contributed by atoms with Crippen LogP contribution in [0.25, 0.3) is 0 Å². The fourth-order valence-electron chi connectivity index (χ4n) is 7.82. The van der Waals surface area contributed by atoms with Gasteiger partial charge in [0.1, 0.15) is 11.6 Å². The minimum Gasteiger partial charge on any atom is -0.396 e. The summed E-state index contributed by atoms with van der Waals surface area (Å²) in [5.41, 5.74) is 0.0334. The highest BCUT2D eigenvalue weighted by Gasteiger charge is 2.78. The van der Waals surface area contributed by atoms with Gasteiger partial charge in [0, 0.05) is 39.3 Å². The Labute approximate surface area is 267 Å². The Hall–Kier alpha value is -3.75. The number of carbonyl (C=O) groups excluding carboxylic acids is 3. The summed E-state index contributed by atoms with van der Waals surface area (Å²) in [6.07, 6.45) is 7.62. The lowest BCUT2D eigenvalue weighted by Gasteiger charge is -2.37. The molecule has 2 aromatic rings. The van der Waals surface area contributed by atoms with Crippen LogP contribution in [0.2, 0.25) is 0 Å². The first-order chi connectivity index (χ1) is 21.8. The second-order valence-corrected chi connectivity index (χ2v) is 12.9. The van der Waals surface area contributed by atoms with E-state index in [0.717, 1.165) is 24.0 Å². The summed E-state index contributed by atoms with van der Waals surface area (Å²) in [5, 5.41) is 9.25. The quantitative estimate of drug-likeness (QED) is 0.218. The fourth-order valence-corrected chi connectivity index (χ4v) is 7.82. The first-order valence-electron chi connectivity index (χ1n) is 16.3. The summed E-state index contributed by atoms with van der Waals surface area (Å²) in [4.78, 5) is 49.0. The molecule has 3 aliphatic rings. The molecule has 3 aliphatic heterocycles. The second-order valence-electron chi connectivity index (χ2n) is 12.9. The van der Waals surface area contributed by atoms with E-state index in [9.17, 15) is 19.5 Å². The van der Waals surface area contributed by atoms with E-state index in [1.165, 1.54) is 0 Å². The van der Waals surface area contributed by atoms with Gasteiger partial charge in [0.05, 0.1) is 17.4 Å². The van der Waals surface area contributed by atoms with E-state index in [-0.39, 0.29) is 24.3 Å². The van der Waals surface area contributed by atoms with Gasteiger partial charge in [0.25, 0.3) is 0 Å². The molecule has 2 unspecified atom stereocenters. The number of hydrogen-bond acceptors (Lipinski definition) is 5. The monoisotopic (exact) mass is 613 g/mol. The lowest BCUT2D eigenvalue weighted by atomic mass is 9.66. The largest absolute Gasteiger partial charge is 0.396 e. The van der Waals surface area contributed by atoms with E-state index >= 15 is 0 Å². The van der Waals surface area contributed by atoms with Crippen molar-refractivity contribution >= 4 is 17.7 Å². The number of rotatable bonds is 16. The molecule has 3 amide bonds. The third-order valence-electron chi connectivity index (χ3n) is 9.84. The van der Waals surface area contributed by atoms with Gasteiger partial charge in [-0.3, -0.25) is 14.4 Å². The smallest absolute Gasteiger partial charge is 0.248 e. The molecular weight excluding hydrogens is 566 g/mol. The van der Waals surface area contributed by atoms with E-state index in [2.05, 4.69) is 13.2 Å². The number of amides is 3. The number of fused-ring (bicyclic) bond motifs is 1. The summed E-state index contributed by atoms with van der Waals surface area (Å²) >= 11 is 0. The maximum absolute atomic E-state index is 14.7. The minimum absolute atomic E-state index is 0.130. The lowest BCUT2D eigenvalue weighted by molar-refractivity contribution is -0.154. The van der Waals surface area contributed by atoms with Crippen molar-refractivity contribution in [3.63, 3.8) is 0 Å². The van der Waals surface area contributed by atoms with Crippen molar-refractivity contribution in [3.05, 3.63) is 97.1 Å². The number of ether oxygens (including phenoxy) is 1. The van der Waals surface area contributed by atoms with E-state index in [4.69, 9.17) is 4.74 Å². The molecule has 2 aromatic carbocycles. The Bertz CT molecular complexity index is 1370. The Kier molecular flexibility index (Phi) is 10.2. The Morgan fingerprint density at radius 2 is 1.44 bits per heavy atom. The Balaban J connectivity index is 1.49. The molecule has 3 heterocycles. The third-order valence-corrected chi connectivity index (χ3v) is 9.84. The molecule has 1 N–H and O–H groups in total. The van der Waals surface area contributed by atoms with Crippen LogP contribution in [-0.4, -0.2) is 81.0 Å². The number of unbranched alkanes of at least 4 members (excludes halogenated alkanes) is 3. The zero-order chi connectivity index (χ0) is 32.0. The highest BCUT2D eigenvalue weighted by molar-refractivity contribution is 5.99. The van der Waals surface area contributed by atoms with Crippen LogP contribution >= 0.6 is 0 Å². The highest BCUT2D eigenvalue weighted by atomic mass is 16.5. The van der Waals surface area contributed by atoms with Gasteiger partial charge in [0.2, 0.25) is 17.7 Å². The van der Waals surface area contributed by atoms with Gasteiger partial charge in [-0.2, -0.15) is 0 Å². The molecule has 45 heavy (non-hydrogen) atoms. The molecule has 0 aromatic heterocycles. The molecule has 0 aliphatic carbocycles. The summed E-state index contributed by atoms with van der Waals surface area (Å²) < 4.78 is 6.90. The zero-order valence-corrected chi connectivity index (χ0v) is 26.5. The number of aliphatic hydroxyl groups excluding tert-OH is 1. The lowest BCUT2D eigenvalue weighted by Crippen LogP contribution is -2.56.